The number of hydrogen-bond acceptors (Lipinski definition) is 6. The molecule has 22 heavy (non-hydrogen) atoms. The van der Waals surface area contributed by atoms with Gasteiger partial charge in [0.1, 0.15) is 29.4 Å². The van der Waals surface area contributed by atoms with Crippen LogP contribution in [0, 0.1) is 13.8 Å². The third-order valence-electron chi connectivity index (χ3n) is 3.26. The maximum Gasteiger partial charge on any atom is 0.242 e. The van der Waals surface area contributed by atoms with Crippen LogP contribution in [0.1, 0.15) is 17.3 Å². The fourth-order valence-corrected chi connectivity index (χ4v) is 2.29. The quantitative estimate of drug-likeness (QED) is 0.695. The molecular weight excluding hydrogens is 284 g/mol. The molecule has 0 bridgehead atoms. The minimum atomic E-state index is 0.304. The van der Waals surface area contributed by atoms with Crippen molar-refractivity contribution >= 4 is 11.0 Å². The number of hydrogen-bond donors (Lipinski definition) is 0. The van der Waals surface area contributed by atoms with Gasteiger partial charge in [-0.05, 0) is 19.9 Å². The highest BCUT2D eigenvalue weighted by Gasteiger charge is 2.13. The second kappa shape index (κ2) is 6.15. The molecule has 0 aliphatic carbocycles. The Balaban J connectivity index is 1.90. The van der Waals surface area contributed by atoms with Crippen LogP contribution in [0.4, 0.5) is 0 Å². The van der Waals surface area contributed by atoms with Crippen LogP contribution in [-0.2, 0) is 17.9 Å². The van der Waals surface area contributed by atoms with Crippen molar-refractivity contribution in [2.24, 2.45) is 0 Å². The summed E-state index contributed by atoms with van der Waals surface area (Å²) in [5, 5.41) is 3.92. The van der Waals surface area contributed by atoms with E-state index in [4.69, 9.17) is 14.0 Å². The van der Waals surface area contributed by atoms with Gasteiger partial charge >= 0.3 is 0 Å². The lowest BCUT2D eigenvalue weighted by Gasteiger charge is -2.09. The molecule has 7 heteroatoms. The molecular formula is C15H18N4O3. The zero-order valence-corrected chi connectivity index (χ0v) is 12.9. The predicted octanol–water partition coefficient (Wildman–Crippen LogP) is 2.26. The first kappa shape index (κ1) is 14.5. The first-order valence-electron chi connectivity index (χ1n) is 7.05. The van der Waals surface area contributed by atoms with Crippen molar-refractivity contribution < 1.29 is 14.0 Å². The molecule has 0 aromatic carbocycles. The van der Waals surface area contributed by atoms with E-state index in [2.05, 4.69) is 15.1 Å². The number of methoxy groups -OCH3 is 1. The van der Waals surface area contributed by atoms with Crippen molar-refractivity contribution in [3.05, 3.63) is 35.6 Å². The molecule has 3 aromatic heterocycles. The van der Waals surface area contributed by atoms with E-state index >= 15 is 0 Å². The Labute approximate surface area is 127 Å². The fourth-order valence-electron chi connectivity index (χ4n) is 2.29. The van der Waals surface area contributed by atoms with E-state index < -0.39 is 0 Å². The summed E-state index contributed by atoms with van der Waals surface area (Å²) >= 11 is 0. The summed E-state index contributed by atoms with van der Waals surface area (Å²) in [4.78, 5) is 8.85. The zero-order valence-electron chi connectivity index (χ0n) is 12.9. The van der Waals surface area contributed by atoms with Crippen LogP contribution in [0.3, 0.4) is 0 Å². The highest BCUT2D eigenvalue weighted by molar-refractivity contribution is 5.80. The maximum absolute atomic E-state index is 5.84. The van der Waals surface area contributed by atoms with Gasteiger partial charge in [-0.15, -0.1) is 0 Å². The van der Waals surface area contributed by atoms with E-state index in [0.717, 1.165) is 22.5 Å². The number of fused-ring (bicyclic) bond motifs is 1. The molecule has 0 aliphatic rings. The van der Waals surface area contributed by atoms with Crippen molar-refractivity contribution in [1.29, 1.82) is 0 Å². The molecule has 3 rings (SSSR count). The van der Waals surface area contributed by atoms with Crippen molar-refractivity contribution in [2.75, 3.05) is 13.7 Å². The highest BCUT2D eigenvalue weighted by Crippen LogP contribution is 2.24. The summed E-state index contributed by atoms with van der Waals surface area (Å²) in [5.74, 6) is 1.97. The smallest absolute Gasteiger partial charge is 0.242 e. The van der Waals surface area contributed by atoms with E-state index in [9.17, 15) is 0 Å². The Kier molecular flexibility index (Phi) is 4.06. The van der Waals surface area contributed by atoms with E-state index in [0.29, 0.717) is 31.5 Å². The molecule has 0 amide bonds. The standard InChI is InChI=1S/C15H18N4O3/c1-10-8-12(18-22-10)9-21-15-14-13(16-11(2)17-15)4-5-19(14)6-7-20-3/h4-5,8H,6-7,9H2,1-3H3. The van der Waals surface area contributed by atoms with E-state index in [1.165, 1.54) is 0 Å². The molecule has 3 aromatic rings. The van der Waals surface area contributed by atoms with E-state index in [1.54, 1.807) is 7.11 Å². The van der Waals surface area contributed by atoms with Gasteiger partial charge in [0.2, 0.25) is 5.88 Å². The number of nitrogens with zero attached hydrogens (tertiary/aromatic N) is 4. The number of rotatable bonds is 6. The van der Waals surface area contributed by atoms with Crippen LogP contribution in [0.2, 0.25) is 0 Å². The Hall–Kier alpha value is -2.41. The lowest BCUT2D eigenvalue weighted by atomic mass is 10.4. The predicted molar refractivity (Wildman–Crippen MR) is 79.7 cm³/mol. The Morgan fingerprint density at radius 1 is 1.27 bits per heavy atom. The summed E-state index contributed by atoms with van der Waals surface area (Å²) in [6.07, 6.45) is 1.96. The van der Waals surface area contributed by atoms with E-state index in [-0.39, 0.29) is 0 Å². The summed E-state index contributed by atoms with van der Waals surface area (Å²) in [7, 11) is 1.68. The summed E-state index contributed by atoms with van der Waals surface area (Å²) in [6.45, 7) is 5.32. The normalized spacial score (nSPS) is 11.2. The van der Waals surface area contributed by atoms with Gasteiger partial charge in [0.25, 0.3) is 0 Å². The Morgan fingerprint density at radius 3 is 2.86 bits per heavy atom. The van der Waals surface area contributed by atoms with Gasteiger partial charge in [0, 0.05) is 25.9 Å². The topological polar surface area (TPSA) is 75.2 Å². The maximum atomic E-state index is 5.84. The number of aromatic nitrogens is 4. The summed E-state index contributed by atoms with van der Waals surface area (Å²) in [6, 6.07) is 3.79. The molecule has 0 atom stereocenters. The molecule has 0 N–H and O–H groups in total. The van der Waals surface area contributed by atoms with Crippen molar-refractivity contribution in [3.8, 4) is 5.88 Å². The lowest BCUT2D eigenvalue weighted by Crippen LogP contribution is -2.06. The first-order valence-corrected chi connectivity index (χ1v) is 7.05. The van der Waals surface area contributed by atoms with Crippen LogP contribution in [-0.4, -0.2) is 33.4 Å². The third-order valence-corrected chi connectivity index (χ3v) is 3.26. The van der Waals surface area contributed by atoms with E-state index in [1.807, 2.05) is 36.7 Å². The molecule has 0 saturated heterocycles. The van der Waals surface area contributed by atoms with Gasteiger partial charge in [-0.2, -0.15) is 4.98 Å². The lowest BCUT2D eigenvalue weighted by molar-refractivity contribution is 0.188. The van der Waals surface area contributed by atoms with Crippen molar-refractivity contribution in [3.63, 3.8) is 0 Å². The molecule has 0 fully saturated rings. The van der Waals surface area contributed by atoms with Gasteiger partial charge in [0.05, 0.1) is 12.1 Å². The largest absolute Gasteiger partial charge is 0.469 e. The second-order valence-electron chi connectivity index (χ2n) is 5.03. The molecule has 3 heterocycles. The monoisotopic (exact) mass is 302 g/mol. The van der Waals surface area contributed by atoms with Crippen molar-refractivity contribution in [2.45, 2.75) is 27.0 Å². The minimum absolute atomic E-state index is 0.304. The van der Waals surface area contributed by atoms with Crippen molar-refractivity contribution in [1.82, 2.24) is 19.7 Å². The summed E-state index contributed by atoms with van der Waals surface area (Å²) in [5.41, 5.74) is 2.45. The fraction of sp³-hybridized carbons (Fsp3) is 0.400. The van der Waals surface area contributed by atoms with Crippen LogP contribution in [0.15, 0.2) is 22.9 Å². The molecule has 0 spiro atoms. The van der Waals surface area contributed by atoms with Gasteiger partial charge in [-0.3, -0.25) is 0 Å². The molecule has 0 aliphatic heterocycles. The van der Waals surface area contributed by atoms with Crippen LogP contribution in [0.25, 0.3) is 11.0 Å². The van der Waals surface area contributed by atoms with Crippen LogP contribution in [0.5, 0.6) is 5.88 Å². The SMILES string of the molecule is COCCn1ccc2nc(C)nc(OCc3cc(C)on3)c21. The van der Waals surface area contributed by atoms with Gasteiger partial charge in [0.15, 0.2) is 0 Å². The molecule has 0 unspecified atom stereocenters. The number of ether oxygens (including phenoxy) is 2. The Morgan fingerprint density at radius 2 is 2.14 bits per heavy atom. The average molecular weight is 302 g/mol. The third kappa shape index (κ3) is 2.94. The molecule has 7 nitrogen and oxygen atoms in total. The minimum Gasteiger partial charge on any atom is -0.469 e. The van der Waals surface area contributed by atoms with Crippen LogP contribution >= 0.6 is 0 Å². The van der Waals surface area contributed by atoms with Gasteiger partial charge < -0.3 is 18.6 Å². The molecule has 0 radical (unpaired) electrons. The second-order valence-corrected chi connectivity index (χ2v) is 5.03. The summed E-state index contributed by atoms with van der Waals surface area (Å²) < 4.78 is 18.0. The molecule has 116 valence electrons. The highest BCUT2D eigenvalue weighted by atomic mass is 16.5. The number of aryl methyl sites for hydroxylation is 2. The zero-order chi connectivity index (χ0) is 15.5. The molecule has 0 saturated carbocycles. The van der Waals surface area contributed by atoms with Gasteiger partial charge in [-0.25, -0.2) is 4.98 Å². The Bertz CT molecular complexity index is 778. The van der Waals surface area contributed by atoms with Crippen LogP contribution < -0.4 is 4.74 Å². The first-order chi connectivity index (χ1) is 10.7. The van der Waals surface area contributed by atoms with Gasteiger partial charge in [-0.1, -0.05) is 5.16 Å². The average Bonchev–Trinajstić information content (AvgIpc) is 3.08.